The minimum absolute atomic E-state index is 0.0429. The number of hydrogen-bond acceptors (Lipinski definition) is 2. The SMILES string of the molecule is Fc1c(F)c(F)c(-c2c3ccc(-c4cccs4)cc3c(-c3ccccc3)c3ccc(-c4cccs4)cc23)c(F)c1F. The van der Waals surface area contributed by atoms with Crippen molar-refractivity contribution in [3.05, 3.63) is 131 Å². The Balaban J connectivity index is 1.71. The van der Waals surface area contributed by atoms with Crippen molar-refractivity contribution in [2.24, 2.45) is 0 Å². The third-order valence-corrected chi connectivity index (χ3v) is 9.09. The number of fused-ring (bicyclic) bond motifs is 2. The van der Waals surface area contributed by atoms with Crippen LogP contribution in [0.5, 0.6) is 0 Å². The van der Waals surface area contributed by atoms with Gasteiger partial charge in [0, 0.05) is 15.3 Å². The van der Waals surface area contributed by atoms with Crippen LogP contribution < -0.4 is 0 Å². The standard InChI is InChI=1S/C34H17F5S2/c35-30-29(31(36)33(38)34(39)32(30)37)28-22-13-11-19(25-8-4-14-40-25)16-23(22)27(18-6-2-1-3-7-18)21-12-10-20(17-24(21)28)26-9-5-15-41-26/h1-17H. The Labute approximate surface area is 239 Å². The van der Waals surface area contributed by atoms with Crippen LogP contribution in [0.1, 0.15) is 0 Å². The second-order valence-electron chi connectivity index (χ2n) is 9.54. The normalized spacial score (nSPS) is 11.5. The largest absolute Gasteiger partial charge is 0.203 e. The van der Waals surface area contributed by atoms with Crippen LogP contribution in [0.25, 0.3) is 64.7 Å². The van der Waals surface area contributed by atoms with Crippen LogP contribution in [0.4, 0.5) is 22.0 Å². The van der Waals surface area contributed by atoms with Crippen LogP contribution in [-0.2, 0) is 0 Å². The van der Waals surface area contributed by atoms with E-state index in [1.165, 1.54) is 11.3 Å². The maximum Gasteiger partial charge on any atom is 0.200 e. The van der Waals surface area contributed by atoms with Gasteiger partial charge in [-0.25, -0.2) is 22.0 Å². The Kier molecular flexibility index (Phi) is 6.21. The highest BCUT2D eigenvalue weighted by Crippen LogP contribution is 2.48. The summed E-state index contributed by atoms with van der Waals surface area (Å²) in [5, 5.41) is 5.89. The molecule has 0 aliphatic heterocycles. The second-order valence-corrected chi connectivity index (χ2v) is 11.4. The van der Waals surface area contributed by atoms with Gasteiger partial charge in [0.15, 0.2) is 23.3 Å². The molecular formula is C34H17F5S2. The number of hydrogen-bond donors (Lipinski definition) is 0. The first-order valence-corrected chi connectivity index (χ1v) is 14.4. The molecule has 2 aromatic heterocycles. The quantitative estimate of drug-likeness (QED) is 0.0836. The Hall–Kier alpha value is -4.33. The first-order valence-electron chi connectivity index (χ1n) is 12.6. The van der Waals surface area contributed by atoms with E-state index >= 15 is 8.78 Å². The molecule has 0 fully saturated rings. The number of benzene rings is 5. The Bertz CT molecular complexity index is 2050. The zero-order valence-corrected chi connectivity index (χ0v) is 22.7. The number of thiophene rings is 2. The van der Waals surface area contributed by atoms with Crippen molar-refractivity contribution in [3.8, 4) is 43.1 Å². The van der Waals surface area contributed by atoms with Crippen molar-refractivity contribution in [2.75, 3.05) is 0 Å². The van der Waals surface area contributed by atoms with E-state index in [1.54, 1.807) is 23.5 Å². The van der Waals surface area contributed by atoms with Gasteiger partial charge in [-0.2, -0.15) is 0 Å². The first kappa shape index (κ1) is 25.6. The average molecular weight is 585 g/mol. The molecule has 41 heavy (non-hydrogen) atoms. The molecule has 5 aromatic carbocycles. The van der Waals surface area contributed by atoms with E-state index in [2.05, 4.69) is 0 Å². The smallest absolute Gasteiger partial charge is 0.200 e. The molecule has 200 valence electrons. The summed E-state index contributed by atoms with van der Waals surface area (Å²) in [5.74, 6) is -9.85. The van der Waals surface area contributed by atoms with Crippen molar-refractivity contribution in [2.45, 2.75) is 0 Å². The highest BCUT2D eigenvalue weighted by molar-refractivity contribution is 7.13. The molecule has 0 bridgehead atoms. The topological polar surface area (TPSA) is 0 Å². The van der Waals surface area contributed by atoms with Crippen LogP contribution >= 0.6 is 22.7 Å². The van der Waals surface area contributed by atoms with Gasteiger partial charge < -0.3 is 0 Å². The minimum Gasteiger partial charge on any atom is -0.203 e. The van der Waals surface area contributed by atoms with Gasteiger partial charge in [-0.05, 0) is 78.8 Å². The van der Waals surface area contributed by atoms with E-state index in [4.69, 9.17) is 0 Å². The molecule has 0 aliphatic carbocycles. The molecule has 0 nitrogen and oxygen atoms in total. The fourth-order valence-corrected chi connectivity index (χ4v) is 6.88. The maximum absolute atomic E-state index is 15.5. The summed E-state index contributed by atoms with van der Waals surface area (Å²) in [5.41, 5.74) is 2.33. The number of rotatable bonds is 4. The lowest BCUT2D eigenvalue weighted by atomic mass is 9.84. The predicted octanol–water partition coefficient (Wildman–Crippen LogP) is 11.5. The van der Waals surface area contributed by atoms with E-state index in [1.807, 2.05) is 89.6 Å². The molecule has 0 aliphatic rings. The molecule has 0 amide bonds. The van der Waals surface area contributed by atoms with Gasteiger partial charge in [-0.1, -0.05) is 66.7 Å². The lowest BCUT2D eigenvalue weighted by Gasteiger charge is -2.20. The molecule has 7 aromatic rings. The van der Waals surface area contributed by atoms with Crippen molar-refractivity contribution in [1.82, 2.24) is 0 Å². The van der Waals surface area contributed by atoms with Crippen LogP contribution in [0.15, 0.2) is 102 Å². The summed E-state index contributed by atoms with van der Waals surface area (Å²) in [7, 11) is 0. The van der Waals surface area contributed by atoms with Crippen LogP contribution in [0.2, 0.25) is 0 Å². The minimum atomic E-state index is -2.18. The fraction of sp³-hybridized carbons (Fsp3) is 0. The first-order chi connectivity index (χ1) is 19.9. The van der Waals surface area contributed by atoms with Gasteiger partial charge >= 0.3 is 0 Å². The summed E-state index contributed by atoms with van der Waals surface area (Å²) in [6.45, 7) is 0. The maximum atomic E-state index is 15.5. The van der Waals surface area contributed by atoms with Crippen LogP contribution in [0.3, 0.4) is 0 Å². The third kappa shape index (κ3) is 4.07. The number of halogens is 5. The summed E-state index contributed by atoms with van der Waals surface area (Å²) >= 11 is 3.03. The van der Waals surface area contributed by atoms with Gasteiger partial charge in [0.2, 0.25) is 5.82 Å². The monoisotopic (exact) mass is 584 g/mol. The second kappa shape index (κ2) is 9.94. The highest BCUT2D eigenvalue weighted by Gasteiger charge is 2.30. The third-order valence-electron chi connectivity index (χ3n) is 7.25. The Morgan fingerprint density at radius 3 is 1.37 bits per heavy atom. The van der Waals surface area contributed by atoms with Crippen molar-refractivity contribution >= 4 is 44.2 Å². The van der Waals surface area contributed by atoms with E-state index < -0.39 is 34.6 Å². The summed E-state index contributed by atoms with van der Waals surface area (Å²) in [6, 6.07) is 28.3. The van der Waals surface area contributed by atoms with Crippen molar-refractivity contribution in [3.63, 3.8) is 0 Å². The Morgan fingerprint density at radius 2 is 0.854 bits per heavy atom. The van der Waals surface area contributed by atoms with Gasteiger partial charge in [0.25, 0.3) is 0 Å². The molecule has 0 atom stereocenters. The highest BCUT2D eigenvalue weighted by atomic mass is 32.1. The van der Waals surface area contributed by atoms with Gasteiger partial charge in [0.05, 0.1) is 5.56 Å². The molecule has 7 rings (SSSR count). The van der Waals surface area contributed by atoms with Crippen molar-refractivity contribution < 1.29 is 22.0 Å². The van der Waals surface area contributed by atoms with Gasteiger partial charge in [-0.15, -0.1) is 22.7 Å². The predicted molar refractivity (Wildman–Crippen MR) is 159 cm³/mol. The van der Waals surface area contributed by atoms with E-state index in [0.29, 0.717) is 21.5 Å². The summed E-state index contributed by atoms with van der Waals surface area (Å²) in [4.78, 5) is 1.89. The van der Waals surface area contributed by atoms with Crippen molar-refractivity contribution in [1.29, 1.82) is 0 Å². The molecule has 0 spiro atoms. The van der Waals surface area contributed by atoms with Crippen LogP contribution in [-0.4, -0.2) is 0 Å². The molecule has 0 N–H and O–H groups in total. The van der Waals surface area contributed by atoms with Crippen LogP contribution in [0, 0.1) is 29.1 Å². The van der Waals surface area contributed by atoms with Gasteiger partial charge in [-0.3, -0.25) is 0 Å². The Morgan fingerprint density at radius 1 is 0.366 bits per heavy atom. The zero-order valence-electron chi connectivity index (χ0n) is 21.0. The van der Waals surface area contributed by atoms with E-state index in [0.717, 1.165) is 32.0 Å². The zero-order chi connectivity index (χ0) is 28.2. The lowest BCUT2D eigenvalue weighted by molar-refractivity contribution is 0.381. The summed E-state index contributed by atoms with van der Waals surface area (Å²) < 4.78 is 74.5. The molecule has 0 saturated carbocycles. The van der Waals surface area contributed by atoms with Gasteiger partial charge in [0.1, 0.15) is 0 Å². The molecule has 0 unspecified atom stereocenters. The lowest BCUT2D eigenvalue weighted by Crippen LogP contribution is -2.05. The fourth-order valence-electron chi connectivity index (χ4n) is 5.43. The molecule has 0 radical (unpaired) electrons. The van der Waals surface area contributed by atoms with E-state index in [-0.39, 0.29) is 5.56 Å². The molecule has 2 heterocycles. The molecular weight excluding hydrogens is 567 g/mol. The summed E-state index contributed by atoms with van der Waals surface area (Å²) in [6.07, 6.45) is 0. The molecule has 0 saturated heterocycles. The average Bonchev–Trinajstić information content (AvgIpc) is 3.74. The van der Waals surface area contributed by atoms with E-state index in [9.17, 15) is 13.2 Å². The molecule has 7 heteroatoms.